The number of esters is 2. The number of hydrogen-bond donors (Lipinski definition) is 0. The number of ether oxygens (including phenoxy) is 4. The number of carboxylic acids is 1. The van der Waals surface area contributed by atoms with Crippen molar-refractivity contribution < 1.29 is 42.9 Å². The predicted octanol–water partition coefficient (Wildman–Crippen LogP) is 6.76. The van der Waals surface area contributed by atoms with Crippen molar-refractivity contribution in [2.24, 2.45) is 0 Å². The zero-order chi connectivity index (χ0) is 35.0. The van der Waals surface area contributed by atoms with E-state index in [0.29, 0.717) is 17.4 Å². The van der Waals surface area contributed by atoms with Crippen molar-refractivity contribution >= 4 is 17.9 Å². The maximum absolute atomic E-state index is 12.6. The molecule has 0 rings (SSSR count). The number of nitrogens with zero attached hydrogens (tertiary/aromatic N) is 1. The normalized spacial score (nSPS) is 13.6. The lowest BCUT2D eigenvalue weighted by molar-refractivity contribution is -0.870. The molecule has 2 atom stereocenters. The third-order valence-corrected chi connectivity index (χ3v) is 7.09. The van der Waals surface area contributed by atoms with Gasteiger partial charge in [-0.1, -0.05) is 101 Å². The Hall–Kier alpha value is -2.75. The van der Waals surface area contributed by atoms with Crippen molar-refractivity contribution in [2.45, 2.75) is 129 Å². The third-order valence-electron chi connectivity index (χ3n) is 7.09. The number of carbonyl (C=O) groups is 3. The topological polar surface area (TPSA) is 111 Å². The van der Waals surface area contributed by atoms with E-state index in [9.17, 15) is 19.5 Å². The van der Waals surface area contributed by atoms with E-state index in [1.54, 1.807) is 0 Å². The predicted molar refractivity (Wildman–Crippen MR) is 186 cm³/mol. The molecule has 0 heterocycles. The fourth-order valence-corrected chi connectivity index (χ4v) is 4.29. The largest absolute Gasteiger partial charge is 0.545 e. The van der Waals surface area contributed by atoms with Gasteiger partial charge in [-0.25, -0.2) is 0 Å². The number of aliphatic carboxylic acids is 1. The molecule has 0 aromatic heterocycles. The second-order valence-corrected chi connectivity index (χ2v) is 12.8. The van der Waals surface area contributed by atoms with Crippen molar-refractivity contribution in [1.82, 2.24) is 0 Å². The molecule has 0 spiro atoms. The van der Waals surface area contributed by atoms with E-state index in [1.165, 1.54) is 0 Å². The second kappa shape index (κ2) is 30.6. The summed E-state index contributed by atoms with van der Waals surface area (Å²) in [5.74, 6) is -2.35. The molecule has 0 amide bonds. The van der Waals surface area contributed by atoms with Gasteiger partial charge in [0.05, 0.1) is 40.3 Å². The minimum Gasteiger partial charge on any atom is -0.545 e. The van der Waals surface area contributed by atoms with Crippen LogP contribution in [0.4, 0.5) is 0 Å². The Balaban J connectivity index is 4.52. The van der Waals surface area contributed by atoms with Crippen LogP contribution >= 0.6 is 0 Å². The van der Waals surface area contributed by atoms with Crippen LogP contribution in [0.5, 0.6) is 0 Å². The summed E-state index contributed by atoms with van der Waals surface area (Å²) < 4.78 is 22.2. The standard InChI is InChI=1S/C38H65NO8/c1-6-8-10-12-13-14-15-16-17-18-19-20-21-22-23-25-27-29-36(41)47-34(32-45-35(40)28-26-24-11-9-7-2)33-46-38(37(42)43)44-31-30-39(3,4)5/h8,10,13-14,16-17,19-20,34,38H,6-7,9,11-12,15,18,21-33H2,1-5H3/b10-8-,14-13-,17-16-,20-19-. The highest BCUT2D eigenvalue weighted by atomic mass is 16.7. The lowest BCUT2D eigenvalue weighted by Crippen LogP contribution is -2.44. The Labute approximate surface area is 285 Å². The summed E-state index contributed by atoms with van der Waals surface area (Å²) in [6.07, 6.45) is 29.0. The average Bonchev–Trinajstić information content (AvgIpc) is 3.01. The van der Waals surface area contributed by atoms with E-state index >= 15 is 0 Å². The molecule has 0 fully saturated rings. The molecule has 0 aromatic rings. The van der Waals surface area contributed by atoms with Gasteiger partial charge in [-0.2, -0.15) is 0 Å². The van der Waals surface area contributed by atoms with E-state index in [-0.39, 0.29) is 38.6 Å². The van der Waals surface area contributed by atoms with Crippen LogP contribution in [0.25, 0.3) is 0 Å². The number of carboxylic acid groups (broad SMARTS) is 1. The highest BCUT2D eigenvalue weighted by Crippen LogP contribution is 2.11. The number of unbranched alkanes of at least 4 members (excludes halogenated alkanes) is 8. The van der Waals surface area contributed by atoms with Crippen molar-refractivity contribution in [3.05, 3.63) is 48.6 Å². The van der Waals surface area contributed by atoms with Gasteiger partial charge in [0.15, 0.2) is 12.4 Å². The van der Waals surface area contributed by atoms with Gasteiger partial charge >= 0.3 is 11.9 Å². The molecule has 0 radical (unpaired) electrons. The third kappa shape index (κ3) is 31.6. The van der Waals surface area contributed by atoms with Crippen LogP contribution in [-0.2, 0) is 33.3 Å². The van der Waals surface area contributed by atoms with Crippen molar-refractivity contribution in [3.63, 3.8) is 0 Å². The Bertz CT molecular complexity index is 919. The Morgan fingerprint density at radius 2 is 1.21 bits per heavy atom. The number of likely N-dealkylation sites (N-methyl/N-ethyl adjacent to an activating group) is 1. The Morgan fingerprint density at radius 1 is 0.660 bits per heavy atom. The summed E-state index contributed by atoms with van der Waals surface area (Å²) in [5.41, 5.74) is 0. The van der Waals surface area contributed by atoms with Gasteiger partial charge in [-0.3, -0.25) is 9.59 Å². The molecule has 0 aliphatic heterocycles. The van der Waals surface area contributed by atoms with E-state index in [0.717, 1.165) is 83.5 Å². The van der Waals surface area contributed by atoms with Crippen molar-refractivity contribution in [1.29, 1.82) is 0 Å². The Morgan fingerprint density at radius 3 is 1.79 bits per heavy atom. The molecular weight excluding hydrogens is 598 g/mol. The van der Waals surface area contributed by atoms with Crippen LogP contribution < -0.4 is 5.11 Å². The lowest BCUT2D eigenvalue weighted by atomic mass is 10.1. The summed E-state index contributed by atoms with van der Waals surface area (Å²) in [7, 11) is 5.87. The van der Waals surface area contributed by atoms with Crippen molar-refractivity contribution in [2.75, 3.05) is 47.5 Å². The summed E-state index contributed by atoms with van der Waals surface area (Å²) >= 11 is 0. The molecule has 9 heteroatoms. The molecule has 0 bridgehead atoms. The van der Waals surface area contributed by atoms with E-state index in [4.69, 9.17) is 18.9 Å². The average molecular weight is 664 g/mol. The Kier molecular flexibility index (Phi) is 28.8. The summed E-state index contributed by atoms with van der Waals surface area (Å²) in [5, 5.41) is 11.6. The molecule has 0 saturated heterocycles. The molecule has 0 saturated carbocycles. The summed E-state index contributed by atoms with van der Waals surface area (Å²) in [6, 6.07) is 0. The first-order valence-electron chi connectivity index (χ1n) is 17.8. The van der Waals surface area contributed by atoms with Gasteiger partial charge in [0.25, 0.3) is 0 Å². The van der Waals surface area contributed by atoms with Crippen LogP contribution in [0.2, 0.25) is 0 Å². The lowest BCUT2D eigenvalue weighted by Gasteiger charge is -2.26. The van der Waals surface area contributed by atoms with Gasteiger partial charge in [-0.05, 0) is 51.4 Å². The molecule has 47 heavy (non-hydrogen) atoms. The molecule has 2 unspecified atom stereocenters. The smallest absolute Gasteiger partial charge is 0.306 e. The number of hydrogen-bond acceptors (Lipinski definition) is 8. The van der Waals surface area contributed by atoms with Gasteiger partial charge in [0, 0.05) is 12.8 Å². The maximum Gasteiger partial charge on any atom is 0.306 e. The number of rotatable bonds is 31. The molecule has 9 nitrogen and oxygen atoms in total. The zero-order valence-electron chi connectivity index (χ0n) is 30.1. The quantitative estimate of drug-likeness (QED) is 0.0263. The summed E-state index contributed by atoms with van der Waals surface area (Å²) in [6.45, 7) is 4.46. The first kappa shape index (κ1) is 44.2. The fraction of sp³-hybridized carbons (Fsp3) is 0.711. The maximum atomic E-state index is 12.6. The van der Waals surface area contributed by atoms with Gasteiger partial charge in [0.2, 0.25) is 0 Å². The highest BCUT2D eigenvalue weighted by Gasteiger charge is 2.21. The van der Waals surface area contributed by atoms with Crippen LogP contribution in [0.15, 0.2) is 48.6 Å². The molecule has 270 valence electrons. The van der Waals surface area contributed by atoms with Crippen LogP contribution in [0.1, 0.15) is 117 Å². The van der Waals surface area contributed by atoms with Crippen LogP contribution in [-0.4, -0.2) is 82.3 Å². The molecule has 0 aliphatic rings. The number of allylic oxidation sites excluding steroid dienone is 8. The summed E-state index contributed by atoms with van der Waals surface area (Å²) in [4.78, 5) is 36.4. The van der Waals surface area contributed by atoms with E-state index in [1.807, 2.05) is 21.1 Å². The fourth-order valence-electron chi connectivity index (χ4n) is 4.29. The molecule has 0 aliphatic carbocycles. The highest BCUT2D eigenvalue weighted by molar-refractivity contribution is 5.70. The molecule has 0 N–H and O–H groups in total. The number of quaternary nitrogens is 1. The monoisotopic (exact) mass is 663 g/mol. The SMILES string of the molecule is CC/C=C\C/C=C\C/C=C\C/C=C\CCCCCCC(=O)OC(COC(=O)CCCCCCC)COC(OCC[N+](C)(C)C)C(=O)[O-]. The first-order valence-corrected chi connectivity index (χ1v) is 17.8. The van der Waals surface area contributed by atoms with Gasteiger partial charge in [0.1, 0.15) is 13.2 Å². The minimum absolute atomic E-state index is 0.141. The minimum atomic E-state index is -1.62. The second-order valence-electron chi connectivity index (χ2n) is 12.8. The van der Waals surface area contributed by atoms with E-state index < -0.39 is 24.3 Å². The van der Waals surface area contributed by atoms with Crippen LogP contribution in [0.3, 0.4) is 0 Å². The molecule has 0 aromatic carbocycles. The number of carbonyl (C=O) groups excluding carboxylic acids is 3. The van der Waals surface area contributed by atoms with Gasteiger partial charge < -0.3 is 33.3 Å². The zero-order valence-corrected chi connectivity index (χ0v) is 30.1. The van der Waals surface area contributed by atoms with Gasteiger partial charge in [-0.15, -0.1) is 0 Å². The van der Waals surface area contributed by atoms with E-state index in [2.05, 4.69) is 62.5 Å². The van der Waals surface area contributed by atoms with Crippen LogP contribution in [0, 0.1) is 0 Å². The van der Waals surface area contributed by atoms with Crippen molar-refractivity contribution in [3.8, 4) is 0 Å². The molecular formula is C38H65NO8. The first-order chi connectivity index (χ1) is 22.6.